The average Bonchev–Trinajstić information content (AvgIpc) is 3.13. The zero-order valence-corrected chi connectivity index (χ0v) is 11.0. The summed E-state index contributed by atoms with van der Waals surface area (Å²) in [5.41, 5.74) is 1.15. The van der Waals surface area contributed by atoms with Crippen molar-refractivity contribution in [3.63, 3.8) is 0 Å². The molecule has 19 heavy (non-hydrogen) atoms. The highest BCUT2D eigenvalue weighted by Crippen LogP contribution is 2.32. The van der Waals surface area contributed by atoms with Crippen molar-refractivity contribution in [2.45, 2.75) is 19.4 Å². The molecule has 0 saturated heterocycles. The van der Waals surface area contributed by atoms with E-state index in [0.29, 0.717) is 22.7 Å². The van der Waals surface area contributed by atoms with Gasteiger partial charge >= 0.3 is 0 Å². The van der Waals surface area contributed by atoms with Crippen LogP contribution in [0.15, 0.2) is 36.7 Å². The second-order valence-corrected chi connectivity index (χ2v) is 5.32. The quantitative estimate of drug-likeness (QED) is 0.777. The highest BCUT2D eigenvalue weighted by atomic mass is 35.5. The van der Waals surface area contributed by atoms with E-state index in [1.54, 1.807) is 35.2 Å². The van der Waals surface area contributed by atoms with E-state index in [-0.39, 0.29) is 17.5 Å². The van der Waals surface area contributed by atoms with Gasteiger partial charge in [0.2, 0.25) is 0 Å². The summed E-state index contributed by atoms with van der Waals surface area (Å²) in [6.45, 7) is 0.337. The number of hydrogen-bond acceptors (Lipinski definition) is 1. The molecule has 1 aromatic carbocycles. The third-order valence-electron chi connectivity index (χ3n) is 3.39. The summed E-state index contributed by atoms with van der Waals surface area (Å²) in [6.07, 6.45) is 5.54. The summed E-state index contributed by atoms with van der Waals surface area (Å²) in [6, 6.07) is 6.43. The first kappa shape index (κ1) is 12.4. The van der Waals surface area contributed by atoms with Crippen molar-refractivity contribution in [2.24, 2.45) is 5.92 Å². The van der Waals surface area contributed by atoms with Gasteiger partial charge in [0.15, 0.2) is 5.78 Å². The lowest BCUT2D eigenvalue weighted by atomic mass is 10.1. The smallest absolute Gasteiger partial charge is 0.167 e. The van der Waals surface area contributed by atoms with Crippen LogP contribution in [0.25, 0.3) is 0 Å². The molecular weight excluding hydrogens is 265 g/mol. The molecule has 1 fully saturated rings. The van der Waals surface area contributed by atoms with Gasteiger partial charge in [-0.2, -0.15) is 0 Å². The summed E-state index contributed by atoms with van der Waals surface area (Å²) in [7, 11) is 0. The van der Waals surface area contributed by atoms with E-state index in [1.165, 1.54) is 6.07 Å². The van der Waals surface area contributed by atoms with Gasteiger partial charge in [0.05, 0.1) is 6.54 Å². The Morgan fingerprint density at radius 1 is 1.37 bits per heavy atom. The van der Waals surface area contributed by atoms with Gasteiger partial charge in [-0.25, -0.2) is 4.39 Å². The molecule has 1 aromatic heterocycles. The molecule has 3 rings (SSSR count). The van der Waals surface area contributed by atoms with E-state index < -0.39 is 0 Å². The van der Waals surface area contributed by atoms with Crippen molar-refractivity contribution in [3.05, 3.63) is 58.6 Å². The molecule has 98 valence electrons. The van der Waals surface area contributed by atoms with E-state index in [4.69, 9.17) is 11.6 Å². The molecule has 0 amide bonds. The van der Waals surface area contributed by atoms with Gasteiger partial charge in [-0.15, -0.1) is 0 Å². The standard InChI is InChI=1S/C15H13ClFNO/c16-13-2-1-3-14(17)12(13)9-18-7-6-11(8-18)15(19)10-4-5-10/h1-3,6-8,10H,4-5,9H2. The van der Waals surface area contributed by atoms with E-state index in [0.717, 1.165) is 12.8 Å². The van der Waals surface area contributed by atoms with Crippen LogP contribution >= 0.6 is 11.6 Å². The Bertz CT molecular complexity index is 611. The van der Waals surface area contributed by atoms with Crippen molar-refractivity contribution < 1.29 is 9.18 Å². The highest BCUT2D eigenvalue weighted by molar-refractivity contribution is 6.31. The lowest BCUT2D eigenvalue weighted by Crippen LogP contribution is -2.02. The Balaban J connectivity index is 1.82. The van der Waals surface area contributed by atoms with Crippen molar-refractivity contribution in [1.82, 2.24) is 4.57 Å². The molecule has 2 nitrogen and oxygen atoms in total. The molecule has 0 aliphatic heterocycles. The lowest BCUT2D eigenvalue weighted by Gasteiger charge is -2.06. The van der Waals surface area contributed by atoms with Crippen LogP contribution in [0.5, 0.6) is 0 Å². The van der Waals surface area contributed by atoms with Crippen LogP contribution in [0.1, 0.15) is 28.8 Å². The Labute approximate surface area is 115 Å². The molecule has 1 heterocycles. The average molecular weight is 278 g/mol. The zero-order valence-electron chi connectivity index (χ0n) is 10.3. The second-order valence-electron chi connectivity index (χ2n) is 4.91. The first-order chi connectivity index (χ1) is 9.15. The van der Waals surface area contributed by atoms with Crippen LogP contribution in [0, 0.1) is 11.7 Å². The molecule has 0 bridgehead atoms. The number of ketones is 1. The van der Waals surface area contributed by atoms with Crippen molar-refractivity contribution >= 4 is 17.4 Å². The third kappa shape index (κ3) is 2.56. The van der Waals surface area contributed by atoms with Crippen LogP contribution < -0.4 is 0 Å². The Morgan fingerprint density at radius 3 is 2.84 bits per heavy atom. The fourth-order valence-corrected chi connectivity index (χ4v) is 2.35. The van der Waals surface area contributed by atoms with Gasteiger partial charge in [0.1, 0.15) is 5.82 Å². The Morgan fingerprint density at radius 2 is 2.16 bits per heavy atom. The van der Waals surface area contributed by atoms with Gasteiger partial charge in [0, 0.05) is 34.5 Å². The van der Waals surface area contributed by atoms with Gasteiger partial charge < -0.3 is 4.57 Å². The number of hydrogen-bond donors (Lipinski definition) is 0. The monoisotopic (exact) mass is 277 g/mol. The van der Waals surface area contributed by atoms with Crippen molar-refractivity contribution in [3.8, 4) is 0 Å². The topological polar surface area (TPSA) is 22.0 Å². The minimum Gasteiger partial charge on any atom is -0.349 e. The van der Waals surface area contributed by atoms with Crippen molar-refractivity contribution in [1.29, 1.82) is 0 Å². The Hall–Kier alpha value is -1.61. The number of carbonyl (C=O) groups is 1. The van der Waals surface area contributed by atoms with Crippen LogP contribution in [-0.2, 0) is 6.54 Å². The third-order valence-corrected chi connectivity index (χ3v) is 3.74. The molecule has 0 atom stereocenters. The van der Waals surface area contributed by atoms with Crippen LogP contribution in [0.3, 0.4) is 0 Å². The molecular formula is C15H13ClFNO. The van der Waals surface area contributed by atoms with E-state index in [1.807, 2.05) is 0 Å². The molecule has 0 radical (unpaired) electrons. The number of nitrogens with zero attached hydrogens (tertiary/aromatic N) is 1. The number of aromatic nitrogens is 1. The van der Waals surface area contributed by atoms with E-state index in [9.17, 15) is 9.18 Å². The fraction of sp³-hybridized carbons (Fsp3) is 0.267. The maximum atomic E-state index is 13.7. The molecule has 0 spiro atoms. The molecule has 0 N–H and O–H groups in total. The predicted molar refractivity (Wildman–Crippen MR) is 72.0 cm³/mol. The van der Waals surface area contributed by atoms with Gasteiger partial charge in [0.25, 0.3) is 0 Å². The van der Waals surface area contributed by atoms with E-state index >= 15 is 0 Å². The molecule has 4 heteroatoms. The Kier molecular flexibility index (Phi) is 3.15. The lowest BCUT2D eigenvalue weighted by molar-refractivity contribution is 0.0967. The molecule has 1 aliphatic rings. The number of benzene rings is 1. The normalized spacial score (nSPS) is 14.6. The number of carbonyl (C=O) groups excluding carboxylic acids is 1. The van der Waals surface area contributed by atoms with Crippen LogP contribution in [0.2, 0.25) is 5.02 Å². The van der Waals surface area contributed by atoms with E-state index in [2.05, 4.69) is 0 Å². The molecule has 0 unspecified atom stereocenters. The fourth-order valence-electron chi connectivity index (χ4n) is 2.13. The zero-order chi connectivity index (χ0) is 13.4. The van der Waals surface area contributed by atoms with Crippen molar-refractivity contribution in [2.75, 3.05) is 0 Å². The summed E-state index contributed by atoms with van der Waals surface area (Å²) in [5, 5.41) is 0.406. The number of rotatable bonds is 4. The molecule has 1 aliphatic carbocycles. The number of halogens is 2. The molecule has 1 saturated carbocycles. The largest absolute Gasteiger partial charge is 0.349 e. The second kappa shape index (κ2) is 4.82. The summed E-state index contributed by atoms with van der Waals surface area (Å²) in [5.74, 6) is 0.0718. The van der Waals surface area contributed by atoms with Crippen LogP contribution in [0.4, 0.5) is 4.39 Å². The maximum Gasteiger partial charge on any atom is 0.167 e. The summed E-state index contributed by atoms with van der Waals surface area (Å²) < 4.78 is 15.5. The minimum atomic E-state index is -0.323. The van der Waals surface area contributed by atoms with Gasteiger partial charge in [-0.1, -0.05) is 17.7 Å². The maximum absolute atomic E-state index is 13.7. The minimum absolute atomic E-state index is 0.193. The SMILES string of the molecule is O=C(c1ccn(Cc2c(F)cccc2Cl)c1)C1CC1. The number of Topliss-reactive ketones (excluding diaryl/α,β-unsaturated/α-hetero) is 1. The first-order valence-corrected chi connectivity index (χ1v) is 6.66. The predicted octanol–water partition coefficient (Wildman–Crippen LogP) is 3.92. The van der Waals surface area contributed by atoms with Crippen LogP contribution in [-0.4, -0.2) is 10.4 Å². The summed E-state index contributed by atoms with van der Waals surface area (Å²) in [4.78, 5) is 11.9. The first-order valence-electron chi connectivity index (χ1n) is 6.28. The molecule has 2 aromatic rings. The summed E-state index contributed by atoms with van der Waals surface area (Å²) >= 11 is 5.99. The highest BCUT2D eigenvalue weighted by Gasteiger charge is 2.30. The van der Waals surface area contributed by atoms with Gasteiger partial charge in [-0.05, 0) is 31.0 Å². The van der Waals surface area contributed by atoms with Gasteiger partial charge in [-0.3, -0.25) is 4.79 Å².